The van der Waals surface area contributed by atoms with Crippen molar-refractivity contribution in [2.45, 2.75) is 13.0 Å². The SMILES string of the molecule is C[C@@H](NC(=O)c1ccc2c(=O)nc3c(-c4ccccc4)n[nH]n3c2c1)c1ccccc1. The zero-order chi connectivity index (χ0) is 21.4. The number of H-pyrrole nitrogens is 1. The molecule has 5 rings (SSSR count). The van der Waals surface area contributed by atoms with Crippen LogP contribution in [0.4, 0.5) is 0 Å². The molecular weight excluding hydrogens is 390 g/mol. The first-order valence-electron chi connectivity index (χ1n) is 9.94. The van der Waals surface area contributed by atoms with E-state index in [0.29, 0.717) is 27.8 Å². The van der Waals surface area contributed by atoms with Crippen molar-refractivity contribution in [1.82, 2.24) is 25.1 Å². The first-order chi connectivity index (χ1) is 15.1. The molecule has 2 heterocycles. The molecule has 0 aliphatic carbocycles. The van der Waals surface area contributed by atoms with E-state index in [4.69, 9.17) is 0 Å². The molecule has 152 valence electrons. The van der Waals surface area contributed by atoms with Crippen LogP contribution < -0.4 is 10.9 Å². The van der Waals surface area contributed by atoms with Gasteiger partial charge in [-0.25, -0.2) is 9.73 Å². The topological polar surface area (TPSA) is 92.2 Å². The van der Waals surface area contributed by atoms with Gasteiger partial charge in [-0.2, -0.15) is 10.1 Å². The van der Waals surface area contributed by atoms with Gasteiger partial charge in [-0.1, -0.05) is 60.7 Å². The number of nitrogens with zero attached hydrogens (tertiary/aromatic N) is 3. The molecule has 7 heteroatoms. The molecule has 0 saturated heterocycles. The minimum absolute atomic E-state index is 0.151. The Bertz CT molecular complexity index is 1460. The van der Waals surface area contributed by atoms with Gasteiger partial charge in [0.25, 0.3) is 11.5 Å². The number of nitrogens with one attached hydrogen (secondary N) is 2. The molecule has 0 spiro atoms. The molecule has 0 aliphatic rings. The lowest BCUT2D eigenvalue weighted by Crippen LogP contribution is -2.26. The third-order valence-corrected chi connectivity index (χ3v) is 5.32. The van der Waals surface area contributed by atoms with Crippen LogP contribution in [0.15, 0.2) is 83.7 Å². The second-order valence-corrected chi connectivity index (χ2v) is 7.34. The number of carbonyl (C=O) groups excluding carboxylic acids is 1. The fraction of sp³-hybridized carbons (Fsp3) is 0.0833. The second-order valence-electron chi connectivity index (χ2n) is 7.34. The van der Waals surface area contributed by atoms with Crippen LogP contribution in [0.2, 0.25) is 0 Å². The number of rotatable bonds is 4. The van der Waals surface area contributed by atoms with E-state index in [2.05, 4.69) is 20.6 Å². The summed E-state index contributed by atoms with van der Waals surface area (Å²) in [6.45, 7) is 1.93. The molecule has 2 N–H and O–H groups in total. The molecule has 5 aromatic rings. The zero-order valence-corrected chi connectivity index (χ0v) is 16.7. The van der Waals surface area contributed by atoms with E-state index in [9.17, 15) is 9.59 Å². The molecule has 31 heavy (non-hydrogen) atoms. The molecule has 0 bridgehead atoms. The summed E-state index contributed by atoms with van der Waals surface area (Å²) >= 11 is 0. The smallest absolute Gasteiger partial charge is 0.281 e. The zero-order valence-electron chi connectivity index (χ0n) is 16.7. The number of hydrogen-bond donors (Lipinski definition) is 2. The van der Waals surface area contributed by atoms with Crippen LogP contribution in [0.3, 0.4) is 0 Å². The largest absolute Gasteiger partial charge is 0.346 e. The van der Waals surface area contributed by atoms with Crippen molar-refractivity contribution in [2.24, 2.45) is 0 Å². The molecule has 0 unspecified atom stereocenters. The van der Waals surface area contributed by atoms with Crippen molar-refractivity contribution < 1.29 is 4.79 Å². The molecule has 7 nitrogen and oxygen atoms in total. The van der Waals surface area contributed by atoms with E-state index in [1.54, 1.807) is 22.7 Å². The van der Waals surface area contributed by atoms with Gasteiger partial charge in [-0.05, 0) is 30.7 Å². The number of hydrogen-bond acceptors (Lipinski definition) is 4. The maximum Gasteiger partial charge on any atom is 0.281 e. The van der Waals surface area contributed by atoms with E-state index in [1.165, 1.54) is 0 Å². The summed E-state index contributed by atoms with van der Waals surface area (Å²) in [5.41, 5.74) is 3.48. The minimum Gasteiger partial charge on any atom is -0.346 e. The number of fused-ring (bicyclic) bond motifs is 3. The van der Waals surface area contributed by atoms with Crippen molar-refractivity contribution in [3.8, 4) is 11.3 Å². The summed E-state index contributed by atoms with van der Waals surface area (Å²) in [6.07, 6.45) is 0. The van der Waals surface area contributed by atoms with Crippen LogP contribution in [0.25, 0.3) is 27.8 Å². The van der Waals surface area contributed by atoms with Gasteiger partial charge in [-0.3, -0.25) is 9.59 Å². The Labute approximate surface area is 177 Å². The van der Waals surface area contributed by atoms with E-state index in [0.717, 1.165) is 11.1 Å². The summed E-state index contributed by atoms with van der Waals surface area (Å²) in [5, 5.41) is 10.7. The second kappa shape index (κ2) is 7.53. The van der Waals surface area contributed by atoms with Gasteiger partial charge in [0.15, 0.2) is 5.65 Å². The van der Waals surface area contributed by atoms with Crippen molar-refractivity contribution in [2.75, 3.05) is 0 Å². The normalized spacial score (nSPS) is 12.2. The van der Waals surface area contributed by atoms with Gasteiger partial charge in [0, 0.05) is 11.1 Å². The molecule has 1 atom stereocenters. The lowest BCUT2D eigenvalue weighted by atomic mass is 10.1. The average Bonchev–Trinajstić information content (AvgIpc) is 3.24. The molecule has 3 aromatic carbocycles. The average molecular weight is 409 g/mol. The highest BCUT2D eigenvalue weighted by Crippen LogP contribution is 2.23. The summed E-state index contributed by atoms with van der Waals surface area (Å²) in [4.78, 5) is 29.7. The van der Waals surface area contributed by atoms with Gasteiger partial charge in [0.05, 0.1) is 16.9 Å². The highest BCUT2D eigenvalue weighted by Gasteiger charge is 2.17. The summed E-state index contributed by atoms with van der Waals surface area (Å²) in [7, 11) is 0. The van der Waals surface area contributed by atoms with Crippen molar-refractivity contribution in [1.29, 1.82) is 0 Å². The van der Waals surface area contributed by atoms with Gasteiger partial charge in [0.1, 0.15) is 5.69 Å². The van der Waals surface area contributed by atoms with Crippen molar-refractivity contribution in [3.05, 3.63) is 100 Å². The predicted octanol–water partition coefficient (Wildman–Crippen LogP) is 3.73. The fourth-order valence-electron chi connectivity index (χ4n) is 3.66. The monoisotopic (exact) mass is 409 g/mol. The molecule has 0 radical (unpaired) electrons. The van der Waals surface area contributed by atoms with Gasteiger partial charge >= 0.3 is 0 Å². The number of benzene rings is 3. The van der Waals surface area contributed by atoms with Crippen LogP contribution in [0.5, 0.6) is 0 Å². The molecular formula is C24H19N5O2. The third kappa shape index (κ3) is 3.36. The minimum atomic E-state index is -0.363. The van der Waals surface area contributed by atoms with Gasteiger partial charge in [0.2, 0.25) is 0 Å². The number of carbonyl (C=O) groups is 1. The van der Waals surface area contributed by atoms with Crippen LogP contribution in [0, 0.1) is 0 Å². The Morgan fingerprint density at radius 1 is 1.00 bits per heavy atom. The Hall–Kier alpha value is -4.26. The summed E-state index contributed by atoms with van der Waals surface area (Å²) in [5.74, 6) is -0.223. The Morgan fingerprint density at radius 2 is 1.71 bits per heavy atom. The van der Waals surface area contributed by atoms with Gasteiger partial charge in [-0.15, -0.1) is 0 Å². The summed E-state index contributed by atoms with van der Waals surface area (Å²) in [6, 6.07) is 24.1. The predicted molar refractivity (Wildman–Crippen MR) is 119 cm³/mol. The van der Waals surface area contributed by atoms with Crippen molar-refractivity contribution >= 4 is 22.5 Å². The van der Waals surface area contributed by atoms with E-state index >= 15 is 0 Å². The molecule has 2 aromatic heterocycles. The number of amides is 1. The fourth-order valence-corrected chi connectivity index (χ4v) is 3.66. The Balaban J connectivity index is 1.57. The van der Waals surface area contributed by atoms with Crippen LogP contribution >= 0.6 is 0 Å². The van der Waals surface area contributed by atoms with E-state index in [-0.39, 0.29) is 17.5 Å². The molecule has 1 amide bonds. The maximum absolute atomic E-state index is 12.9. The Kier molecular flexibility index (Phi) is 4.55. The molecule has 0 saturated carbocycles. The lowest BCUT2D eigenvalue weighted by molar-refractivity contribution is 0.0940. The highest BCUT2D eigenvalue weighted by atomic mass is 16.1. The van der Waals surface area contributed by atoms with Gasteiger partial charge < -0.3 is 5.32 Å². The van der Waals surface area contributed by atoms with Crippen molar-refractivity contribution in [3.63, 3.8) is 0 Å². The molecule has 0 fully saturated rings. The van der Waals surface area contributed by atoms with Crippen LogP contribution in [0.1, 0.15) is 28.9 Å². The maximum atomic E-state index is 12.9. The summed E-state index contributed by atoms with van der Waals surface area (Å²) < 4.78 is 1.64. The highest BCUT2D eigenvalue weighted by molar-refractivity contribution is 5.98. The number of aromatic amines is 1. The van der Waals surface area contributed by atoms with E-state index in [1.807, 2.05) is 67.6 Å². The first kappa shape index (κ1) is 18.7. The van der Waals surface area contributed by atoms with E-state index < -0.39 is 0 Å². The quantitative estimate of drug-likeness (QED) is 0.473. The first-order valence-corrected chi connectivity index (χ1v) is 9.94. The standard InChI is InChI=1S/C24H19N5O2/c1-15(16-8-4-2-5-9-16)25-23(30)18-12-13-19-20(14-18)29-22(26-24(19)31)21(27-28-29)17-10-6-3-7-11-17/h2-15,28H,1H3,(H,25,30)/t15-/m1/s1. The Morgan fingerprint density at radius 3 is 2.45 bits per heavy atom. The number of aromatic nitrogens is 4. The molecule has 0 aliphatic heterocycles. The third-order valence-electron chi connectivity index (χ3n) is 5.32. The van der Waals surface area contributed by atoms with Crippen LogP contribution in [-0.2, 0) is 0 Å². The lowest BCUT2D eigenvalue weighted by Gasteiger charge is -2.14. The van der Waals surface area contributed by atoms with Crippen LogP contribution in [-0.4, -0.2) is 25.7 Å².